The third kappa shape index (κ3) is 5.51. The van der Waals surface area contributed by atoms with Gasteiger partial charge in [-0.3, -0.25) is 4.79 Å². The van der Waals surface area contributed by atoms with E-state index in [4.69, 9.17) is 14.2 Å². The highest BCUT2D eigenvalue weighted by Crippen LogP contribution is 2.29. The SMILES string of the molecule is COc1cc(/C=C/C(=O)O[C@@H](C)C(=O)N2CCCC2)ccc1OC(C)C. The predicted octanol–water partition coefficient (Wildman–Crippen LogP) is 3.05. The number of hydrogen-bond acceptors (Lipinski definition) is 5. The van der Waals surface area contributed by atoms with Crippen molar-refractivity contribution in [2.24, 2.45) is 0 Å². The lowest BCUT2D eigenvalue weighted by Crippen LogP contribution is -2.37. The summed E-state index contributed by atoms with van der Waals surface area (Å²) in [5.74, 6) is 0.548. The molecule has 0 aliphatic carbocycles. The first-order valence-corrected chi connectivity index (χ1v) is 8.93. The highest BCUT2D eigenvalue weighted by Gasteiger charge is 2.25. The summed E-state index contributed by atoms with van der Waals surface area (Å²) >= 11 is 0. The molecule has 0 aromatic heterocycles. The van der Waals surface area contributed by atoms with Gasteiger partial charge < -0.3 is 19.1 Å². The number of hydrogen-bond donors (Lipinski definition) is 0. The average Bonchev–Trinajstić information content (AvgIpc) is 3.14. The van der Waals surface area contributed by atoms with E-state index in [1.165, 1.54) is 6.08 Å². The average molecular weight is 361 g/mol. The molecular weight excluding hydrogens is 334 g/mol. The topological polar surface area (TPSA) is 65.1 Å². The van der Waals surface area contributed by atoms with E-state index >= 15 is 0 Å². The monoisotopic (exact) mass is 361 g/mol. The van der Waals surface area contributed by atoms with Crippen LogP contribution in [0.25, 0.3) is 6.08 Å². The van der Waals surface area contributed by atoms with Gasteiger partial charge in [-0.25, -0.2) is 4.79 Å². The maximum atomic E-state index is 12.2. The number of amides is 1. The van der Waals surface area contributed by atoms with Gasteiger partial charge in [0.25, 0.3) is 5.91 Å². The van der Waals surface area contributed by atoms with E-state index < -0.39 is 12.1 Å². The van der Waals surface area contributed by atoms with Crippen LogP contribution in [0.5, 0.6) is 11.5 Å². The molecule has 0 unspecified atom stereocenters. The van der Waals surface area contributed by atoms with Gasteiger partial charge in [-0.15, -0.1) is 0 Å². The van der Waals surface area contributed by atoms with Crippen molar-refractivity contribution in [3.63, 3.8) is 0 Å². The highest BCUT2D eigenvalue weighted by molar-refractivity contribution is 5.90. The third-order valence-electron chi connectivity index (χ3n) is 4.02. The third-order valence-corrected chi connectivity index (χ3v) is 4.02. The van der Waals surface area contributed by atoms with Crippen LogP contribution in [0.3, 0.4) is 0 Å². The first kappa shape index (κ1) is 19.8. The van der Waals surface area contributed by atoms with Crippen molar-refractivity contribution in [2.75, 3.05) is 20.2 Å². The largest absolute Gasteiger partial charge is 0.493 e. The van der Waals surface area contributed by atoms with Gasteiger partial charge in [0, 0.05) is 19.2 Å². The number of esters is 1. The van der Waals surface area contributed by atoms with E-state index in [0.29, 0.717) is 11.5 Å². The lowest BCUT2D eigenvalue weighted by atomic mass is 10.2. The molecule has 6 heteroatoms. The standard InChI is InChI=1S/C20H27NO5/c1-14(2)25-17-9-7-16(13-18(17)24-4)8-10-19(22)26-15(3)20(23)21-11-5-6-12-21/h7-10,13-15H,5-6,11-12H2,1-4H3/b10-8+/t15-/m0/s1. The Morgan fingerprint density at radius 1 is 1.12 bits per heavy atom. The van der Waals surface area contributed by atoms with Crippen LogP contribution in [0.1, 0.15) is 39.2 Å². The minimum absolute atomic E-state index is 0.0369. The van der Waals surface area contributed by atoms with Gasteiger partial charge in [-0.05, 0) is 57.4 Å². The molecule has 0 N–H and O–H groups in total. The van der Waals surface area contributed by atoms with E-state index in [0.717, 1.165) is 31.5 Å². The van der Waals surface area contributed by atoms with E-state index in [2.05, 4.69) is 0 Å². The number of carbonyl (C=O) groups is 2. The number of nitrogens with zero attached hydrogens (tertiary/aromatic N) is 1. The molecule has 0 spiro atoms. The van der Waals surface area contributed by atoms with E-state index in [1.807, 2.05) is 19.9 Å². The summed E-state index contributed by atoms with van der Waals surface area (Å²) in [6.07, 6.45) is 4.20. The lowest BCUT2D eigenvalue weighted by Gasteiger charge is -2.19. The van der Waals surface area contributed by atoms with Gasteiger partial charge in [0.1, 0.15) is 0 Å². The first-order valence-electron chi connectivity index (χ1n) is 8.93. The normalized spacial score (nSPS) is 15.3. The van der Waals surface area contributed by atoms with Crippen molar-refractivity contribution in [3.8, 4) is 11.5 Å². The molecule has 26 heavy (non-hydrogen) atoms. The lowest BCUT2D eigenvalue weighted by molar-refractivity contribution is -0.154. The van der Waals surface area contributed by atoms with Crippen molar-refractivity contribution < 1.29 is 23.8 Å². The number of ether oxygens (including phenoxy) is 3. The fourth-order valence-corrected chi connectivity index (χ4v) is 2.76. The Labute approximate surface area is 154 Å². The Hall–Kier alpha value is -2.50. The summed E-state index contributed by atoms with van der Waals surface area (Å²) in [6.45, 7) is 6.96. The molecule has 1 aliphatic heterocycles. The Balaban J connectivity index is 1.95. The number of carbonyl (C=O) groups excluding carboxylic acids is 2. The second-order valence-corrected chi connectivity index (χ2v) is 6.52. The van der Waals surface area contributed by atoms with Crippen LogP contribution in [-0.2, 0) is 14.3 Å². The van der Waals surface area contributed by atoms with Crippen molar-refractivity contribution in [1.29, 1.82) is 0 Å². The number of benzene rings is 1. The maximum absolute atomic E-state index is 12.2. The zero-order valence-corrected chi connectivity index (χ0v) is 15.9. The van der Waals surface area contributed by atoms with Gasteiger partial charge >= 0.3 is 5.97 Å². The second-order valence-electron chi connectivity index (χ2n) is 6.52. The smallest absolute Gasteiger partial charge is 0.331 e. The first-order chi connectivity index (χ1) is 12.4. The fraction of sp³-hybridized carbons (Fsp3) is 0.500. The van der Waals surface area contributed by atoms with Crippen LogP contribution in [0.4, 0.5) is 0 Å². The Bertz CT molecular complexity index is 662. The summed E-state index contributed by atoms with van der Waals surface area (Å²) in [7, 11) is 1.57. The van der Waals surface area contributed by atoms with Crippen molar-refractivity contribution in [2.45, 2.75) is 45.8 Å². The van der Waals surface area contributed by atoms with Crippen molar-refractivity contribution in [1.82, 2.24) is 4.90 Å². The quantitative estimate of drug-likeness (QED) is 0.552. The summed E-state index contributed by atoms with van der Waals surface area (Å²) < 4.78 is 16.2. The molecule has 1 aromatic rings. The molecule has 2 rings (SSSR count). The van der Waals surface area contributed by atoms with E-state index in [9.17, 15) is 9.59 Å². The van der Waals surface area contributed by atoms with Crippen LogP contribution in [-0.4, -0.2) is 49.2 Å². The molecule has 1 saturated heterocycles. The van der Waals surface area contributed by atoms with E-state index in [1.54, 1.807) is 37.1 Å². The highest BCUT2D eigenvalue weighted by atomic mass is 16.5. The van der Waals surface area contributed by atoms with Gasteiger partial charge in [-0.1, -0.05) is 6.07 Å². The zero-order chi connectivity index (χ0) is 19.1. The molecule has 0 radical (unpaired) electrons. The van der Waals surface area contributed by atoms with Gasteiger partial charge in [0.15, 0.2) is 17.6 Å². The molecular formula is C20H27NO5. The van der Waals surface area contributed by atoms with Gasteiger partial charge in [0.2, 0.25) is 0 Å². The number of likely N-dealkylation sites (tertiary alicyclic amines) is 1. The molecule has 142 valence electrons. The summed E-state index contributed by atoms with van der Waals surface area (Å²) in [4.78, 5) is 25.9. The van der Waals surface area contributed by atoms with Gasteiger partial charge in [0.05, 0.1) is 13.2 Å². The van der Waals surface area contributed by atoms with Gasteiger partial charge in [-0.2, -0.15) is 0 Å². The second kappa shape index (κ2) is 9.27. The minimum atomic E-state index is -0.776. The molecule has 0 saturated carbocycles. The summed E-state index contributed by atoms with van der Waals surface area (Å²) in [6, 6.07) is 5.40. The Morgan fingerprint density at radius 2 is 1.81 bits per heavy atom. The van der Waals surface area contributed by atoms with Crippen LogP contribution >= 0.6 is 0 Å². The fourth-order valence-electron chi connectivity index (χ4n) is 2.76. The number of rotatable bonds is 7. The predicted molar refractivity (Wildman–Crippen MR) is 99.2 cm³/mol. The Kier molecular flexibility index (Phi) is 7.06. The Morgan fingerprint density at radius 3 is 2.42 bits per heavy atom. The molecule has 1 heterocycles. The molecule has 1 fully saturated rings. The molecule has 0 bridgehead atoms. The maximum Gasteiger partial charge on any atom is 0.331 e. The number of methoxy groups -OCH3 is 1. The summed E-state index contributed by atoms with van der Waals surface area (Å²) in [5.41, 5.74) is 0.772. The van der Waals surface area contributed by atoms with Crippen LogP contribution in [0, 0.1) is 0 Å². The molecule has 6 nitrogen and oxygen atoms in total. The van der Waals surface area contributed by atoms with Crippen LogP contribution < -0.4 is 9.47 Å². The van der Waals surface area contributed by atoms with Crippen molar-refractivity contribution >= 4 is 18.0 Å². The minimum Gasteiger partial charge on any atom is -0.493 e. The molecule has 1 aliphatic rings. The van der Waals surface area contributed by atoms with E-state index in [-0.39, 0.29) is 12.0 Å². The molecule has 1 aromatic carbocycles. The van der Waals surface area contributed by atoms with Crippen LogP contribution in [0.2, 0.25) is 0 Å². The molecule has 1 atom stereocenters. The zero-order valence-electron chi connectivity index (χ0n) is 15.9. The van der Waals surface area contributed by atoms with Crippen LogP contribution in [0.15, 0.2) is 24.3 Å². The molecule has 1 amide bonds. The summed E-state index contributed by atoms with van der Waals surface area (Å²) in [5, 5.41) is 0. The van der Waals surface area contributed by atoms with Crippen molar-refractivity contribution in [3.05, 3.63) is 29.8 Å².